The second-order valence-electron chi connectivity index (χ2n) is 7.10. The minimum atomic E-state index is -1.37. The quantitative estimate of drug-likeness (QED) is 0.0937. The van der Waals surface area contributed by atoms with Gasteiger partial charge in [-0.1, -0.05) is 0 Å². The van der Waals surface area contributed by atoms with E-state index in [2.05, 4.69) is 28.6 Å². The molecule has 0 fully saturated rings. The summed E-state index contributed by atoms with van der Waals surface area (Å²) in [7, 11) is 0. The first-order valence-electron chi connectivity index (χ1n) is 9.98. The van der Waals surface area contributed by atoms with Crippen LogP contribution in [0.1, 0.15) is 32.1 Å². The van der Waals surface area contributed by atoms with Crippen molar-refractivity contribution >= 4 is 59.9 Å². The third-order valence-corrected chi connectivity index (χ3v) is 5.40. The van der Waals surface area contributed by atoms with E-state index in [9.17, 15) is 33.9 Å². The van der Waals surface area contributed by atoms with Gasteiger partial charge in [-0.3, -0.25) is 24.0 Å². The lowest BCUT2D eigenvalue weighted by Crippen LogP contribution is -2.57. The highest BCUT2D eigenvalue weighted by molar-refractivity contribution is 7.98. The molecule has 0 aromatic heterocycles. The molecule has 0 radical (unpaired) electrons. The number of carboxylic acids is 1. The molecule has 5 amide bonds. The molecule has 10 N–H and O–H groups in total. The van der Waals surface area contributed by atoms with Crippen molar-refractivity contribution in [3.8, 4) is 0 Å². The summed E-state index contributed by atoms with van der Waals surface area (Å²) >= 11 is 5.44. The molecular formula is C18H32N6O7S2. The fraction of sp³-hybridized carbons (Fsp3) is 0.667. The predicted octanol–water partition coefficient (Wildman–Crippen LogP) is -2.93. The van der Waals surface area contributed by atoms with Gasteiger partial charge in [0.15, 0.2) is 0 Å². The fourth-order valence-corrected chi connectivity index (χ4v) is 3.22. The van der Waals surface area contributed by atoms with Crippen molar-refractivity contribution in [1.82, 2.24) is 16.0 Å². The Kier molecular flexibility index (Phi) is 14.9. The lowest BCUT2D eigenvalue weighted by molar-refractivity contribution is -0.142. The summed E-state index contributed by atoms with van der Waals surface area (Å²) in [5.74, 6) is -4.55. The van der Waals surface area contributed by atoms with Gasteiger partial charge in [-0.2, -0.15) is 24.4 Å². The SMILES string of the molecule is CSCCC(NC(=O)C(CS)NC(=O)C(N)CCC(N)=O)C(=O)NC(CCC(N)=O)C(=O)O. The number of amides is 5. The van der Waals surface area contributed by atoms with E-state index in [1.165, 1.54) is 11.8 Å². The highest BCUT2D eigenvalue weighted by Gasteiger charge is 2.29. The number of rotatable bonds is 17. The summed E-state index contributed by atoms with van der Waals surface area (Å²) in [4.78, 5) is 70.6. The topological polar surface area (TPSA) is 237 Å². The highest BCUT2D eigenvalue weighted by Crippen LogP contribution is 2.05. The van der Waals surface area contributed by atoms with Crippen LogP contribution in [0.2, 0.25) is 0 Å². The molecule has 0 saturated heterocycles. The molecule has 4 unspecified atom stereocenters. The first-order valence-corrected chi connectivity index (χ1v) is 12.0. The molecule has 0 spiro atoms. The summed E-state index contributed by atoms with van der Waals surface area (Å²) < 4.78 is 0. The minimum absolute atomic E-state index is 0.0112. The Morgan fingerprint density at radius 2 is 1.30 bits per heavy atom. The van der Waals surface area contributed by atoms with Crippen LogP contribution < -0.4 is 33.2 Å². The lowest BCUT2D eigenvalue weighted by Gasteiger charge is -2.24. The molecule has 0 aliphatic rings. The van der Waals surface area contributed by atoms with E-state index in [1.807, 2.05) is 0 Å². The summed E-state index contributed by atoms with van der Waals surface area (Å²) in [6.07, 6.45) is 1.38. The molecule has 0 aromatic carbocycles. The van der Waals surface area contributed by atoms with Gasteiger partial charge in [-0.25, -0.2) is 4.79 Å². The van der Waals surface area contributed by atoms with Crippen LogP contribution in [-0.4, -0.2) is 82.5 Å². The Hall–Kier alpha value is -2.52. The van der Waals surface area contributed by atoms with Crippen molar-refractivity contribution in [2.75, 3.05) is 17.8 Å². The molecule has 0 aliphatic heterocycles. The number of carbonyl (C=O) groups excluding carboxylic acids is 5. The molecule has 0 saturated carbocycles. The molecule has 4 atom stereocenters. The van der Waals surface area contributed by atoms with Crippen molar-refractivity contribution < 1.29 is 33.9 Å². The molecule has 0 aliphatic carbocycles. The minimum Gasteiger partial charge on any atom is -0.480 e. The summed E-state index contributed by atoms with van der Waals surface area (Å²) in [5.41, 5.74) is 15.7. The van der Waals surface area contributed by atoms with Gasteiger partial charge in [0.05, 0.1) is 6.04 Å². The van der Waals surface area contributed by atoms with E-state index in [0.29, 0.717) is 5.75 Å². The first kappa shape index (κ1) is 30.5. The number of carboxylic acid groups (broad SMARTS) is 1. The van der Waals surface area contributed by atoms with Crippen LogP contribution in [0.4, 0.5) is 0 Å². The van der Waals surface area contributed by atoms with E-state index in [1.54, 1.807) is 6.26 Å². The zero-order valence-corrected chi connectivity index (χ0v) is 20.0. The average molecular weight is 509 g/mol. The Morgan fingerprint density at radius 1 is 0.818 bits per heavy atom. The number of thiol groups is 1. The van der Waals surface area contributed by atoms with E-state index in [-0.39, 0.29) is 37.9 Å². The number of hydrogen-bond acceptors (Lipinski definition) is 9. The zero-order valence-electron chi connectivity index (χ0n) is 18.2. The van der Waals surface area contributed by atoms with Gasteiger partial charge in [0.2, 0.25) is 29.5 Å². The number of hydrogen-bond donors (Lipinski definition) is 8. The van der Waals surface area contributed by atoms with Crippen molar-refractivity contribution in [2.24, 2.45) is 17.2 Å². The van der Waals surface area contributed by atoms with Crippen LogP contribution >= 0.6 is 24.4 Å². The van der Waals surface area contributed by atoms with Crippen molar-refractivity contribution in [2.45, 2.75) is 56.3 Å². The first-order chi connectivity index (χ1) is 15.4. The molecule has 0 rings (SSSR count). The third-order valence-electron chi connectivity index (χ3n) is 4.39. The molecule has 13 nitrogen and oxygen atoms in total. The number of thioether (sulfide) groups is 1. The normalized spacial score (nSPS) is 14.3. The van der Waals surface area contributed by atoms with Crippen LogP contribution in [0.25, 0.3) is 0 Å². The molecular weight excluding hydrogens is 476 g/mol. The number of primary amides is 2. The molecule has 0 aromatic rings. The predicted molar refractivity (Wildman–Crippen MR) is 125 cm³/mol. The summed E-state index contributed by atoms with van der Waals surface area (Å²) in [6.45, 7) is 0. The standard InChI is InChI=1S/C18H32N6O7S2/c1-33-7-6-10(16(28)23-11(18(30)31)3-5-14(21)26)22-17(29)12(8-32)24-15(27)9(19)2-4-13(20)25/h9-12,32H,2-8,19H2,1H3,(H2,20,25)(H2,21,26)(H,22,29)(H,23,28)(H,24,27)(H,30,31). The Labute approximate surface area is 201 Å². The van der Waals surface area contributed by atoms with Crippen molar-refractivity contribution in [3.63, 3.8) is 0 Å². The second kappa shape index (κ2) is 16.1. The Balaban J connectivity index is 5.20. The van der Waals surface area contributed by atoms with Crippen LogP contribution in [0.15, 0.2) is 0 Å². The van der Waals surface area contributed by atoms with Gasteiger partial charge in [-0.15, -0.1) is 0 Å². The van der Waals surface area contributed by atoms with E-state index >= 15 is 0 Å². The van der Waals surface area contributed by atoms with Crippen LogP contribution in [-0.2, 0) is 28.8 Å². The summed E-state index contributed by atoms with van der Waals surface area (Å²) in [5, 5.41) is 16.4. The maximum Gasteiger partial charge on any atom is 0.326 e. The van der Waals surface area contributed by atoms with Gasteiger partial charge in [0.25, 0.3) is 0 Å². The number of carbonyl (C=O) groups is 6. The third kappa shape index (κ3) is 12.9. The Morgan fingerprint density at radius 3 is 1.79 bits per heavy atom. The van der Waals surface area contributed by atoms with Gasteiger partial charge in [0, 0.05) is 18.6 Å². The number of aliphatic carboxylic acids is 1. The largest absolute Gasteiger partial charge is 0.480 e. The van der Waals surface area contributed by atoms with Crippen LogP contribution in [0.3, 0.4) is 0 Å². The fourth-order valence-electron chi connectivity index (χ4n) is 2.49. The van der Waals surface area contributed by atoms with E-state index < -0.39 is 59.7 Å². The summed E-state index contributed by atoms with van der Waals surface area (Å²) in [6, 6.07) is -4.70. The molecule has 188 valence electrons. The highest BCUT2D eigenvalue weighted by atomic mass is 32.2. The molecule has 15 heteroatoms. The van der Waals surface area contributed by atoms with Gasteiger partial charge in [0.1, 0.15) is 18.1 Å². The smallest absolute Gasteiger partial charge is 0.326 e. The maximum atomic E-state index is 12.7. The molecule has 0 bridgehead atoms. The zero-order chi connectivity index (χ0) is 25.6. The van der Waals surface area contributed by atoms with E-state index in [4.69, 9.17) is 17.2 Å². The van der Waals surface area contributed by atoms with Crippen molar-refractivity contribution in [3.05, 3.63) is 0 Å². The monoisotopic (exact) mass is 508 g/mol. The maximum absolute atomic E-state index is 12.7. The molecule has 33 heavy (non-hydrogen) atoms. The van der Waals surface area contributed by atoms with E-state index in [0.717, 1.165) is 0 Å². The van der Waals surface area contributed by atoms with Crippen LogP contribution in [0, 0.1) is 0 Å². The second-order valence-corrected chi connectivity index (χ2v) is 8.45. The number of nitrogens with one attached hydrogen (secondary N) is 3. The molecule has 0 heterocycles. The van der Waals surface area contributed by atoms with Crippen LogP contribution in [0.5, 0.6) is 0 Å². The van der Waals surface area contributed by atoms with Gasteiger partial charge < -0.3 is 38.3 Å². The van der Waals surface area contributed by atoms with Gasteiger partial charge >= 0.3 is 5.97 Å². The Bertz CT molecular complexity index is 724. The average Bonchev–Trinajstić information content (AvgIpc) is 2.74. The lowest BCUT2D eigenvalue weighted by atomic mass is 10.1. The van der Waals surface area contributed by atoms with Crippen molar-refractivity contribution in [1.29, 1.82) is 0 Å². The number of nitrogens with two attached hydrogens (primary N) is 3. The van der Waals surface area contributed by atoms with Gasteiger partial charge in [-0.05, 0) is 31.3 Å².